The van der Waals surface area contributed by atoms with E-state index in [1.807, 2.05) is 0 Å². The zero-order valence-corrected chi connectivity index (χ0v) is 9.59. The van der Waals surface area contributed by atoms with Crippen molar-refractivity contribution >= 4 is 37.3 Å². The van der Waals surface area contributed by atoms with Gasteiger partial charge in [0.25, 0.3) is 0 Å². The summed E-state index contributed by atoms with van der Waals surface area (Å²) in [7, 11) is 1.34. The van der Waals surface area contributed by atoms with Crippen LogP contribution in [-0.2, 0) is 4.79 Å². The summed E-state index contributed by atoms with van der Waals surface area (Å²) in [5.74, 6) is 0.321. The van der Waals surface area contributed by atoms with Crippen molar-refractivity contribution in [2.24, 2.45) is 0 Å². The molecule has 0 aliphatic heterocycles. The van der Waals surface area contributed by atoms with Gasteiger partial charge in [0.05, 0.1) is 0 Å². The molecule has 0 aromatic rings. The molecule has 82 valence electrons. The SMILES string of the molecule is CN(C(=O)O)C(CS)C(=O)NCCS. The molecule has 7 heteroatoms. The lowest BCUT2D eigenvalue weighted by atomic mass is 10.3. The average molecular weight is 238 g/mol. The van der Waals surface area contributed by atoms with Crippen LogP contribution in [0.5, 0.6) is 0 Å². The number of likely N-dealkylation sites (N-methyl/N-ethyl adjacent to an activating group) is 1. The number of nitrogens with zero attached hydrogens (tertiary/aromatic N) is 1. The van der Waals surface area contributed by atoms with Crippen LogP contribution in [0.3, 0.4) is 0 Å². The average Bonchev–Trinajstić information content (AvgIpc) is 2.15. The molecule has 1 atom stereocenters. The molecule has 0 heterocycles. The molecule has 0 aliphatic rings. The van der Waals surface area contributed by atoms with Gasteiger partial charge in [-0.1, -0.05) is 0 Å². The highest BCUT2D eigenvalue weighted by Crippen LogP contribution is 1.99. The molecule has 0 spiro atoms. The van der Waals surface area contributed by atoms with Gasteiger partial charge in [0.1, 0.15) is 6.04 Å². The minimum atomic E-state index is -1.15. The van der Waals surface area contributed by atoms with Crippen LogP contribution < -0.4 is 5.32 Å². The zero-order valence-electron chi connectivity index (χ0n) is 7.80. The Morgan fingerprint density at radius 2 is 2.07 bits per heavy atom. The zero-order chi connectivity index (χ0) is 11.1. The van der Waals surface area contributed by atoms with Crippen LogP contribution >= 0.6 is 25.3 Å². The molecule has 0 aromatic carbocycles. The van der Waals surface area contributed by atoms with Crippen LogP contribution in [-0.4, -0.2) is 53.1 Å². The Morgan fingerprint density at radius 3 is 2.43 bits per heavy atom. The van der Waals surface area contributed by atoms with Gasteiger partial charge in [0.15, 0.2) is 0 Å². The Kier molecular flexibility index (Phi) is 6.56. The highest BCUT2D eigenvalue weighted by atomic mass is 32.1. The van der Waals surface area contributed by atoms with Crippen LogP contribution in [0.1, 0.15) is 0 Å². The normalized spacial score (nSPS) is 11.9. The van der Waals surface area contributed by atoms with E-state index in [2.05, 4.69) is 30.6 Å². The first-order chi connectivity index (χ1) is 6.54. The second-order valence-corrected chi connectivity index (χ2v) is 3.42. The molecular weight excluding hydrogens is 224 g/mol. The molecule has 2 N–H and O–H groups in total. The molecule has 0 radical (unpaired) electrons. The fourth-order valence-corrected chi connectivity index (χ4v) is 1.33. The second-order valence-electron chi connectivity index (χ2n) is 2.61. The summed E-state index contributed by atoms with van der Waals surface area (Å²) in [6, 6.07) is -0.754. The van der Waals surface area contributed by atoms with Gasteiger partial charge in [-0.3, -0.25) is 9.69 Å². The molecule has 0 fully saturated rings. The highest BCUT2D eigenvalue weighted by Gasteiger charge is 2.24. The van der Waals surface area contributed by atoms with E-state index in [4.69, 9.17) is 5.11 Å². The number of carbonyl (C=O) groups is 2. The molecule has 0 aliphatic carbocycles. The molecule has 14 heavy (non-hydrogen) atoms. The summed E-state index contributed by atoms with van der Waals surface area (Å²) in [4.78, 5) is 22.9. The molecule has 0 saturated heterocycles. The number of thiol groups is 2. The maximum Gasteiger partial charge on any atom is 0.407 e. The first kappa shape index (κ1) is 13.4. The van der Waals surface area contributed by atoms with Gasteiger partial charge in [0, 0.05) is 25.1 Å². The van der Waals surface area contributed by atoms with E-state index in [0.717, 1.165) is 4.90 Å². The minimum absolute atomic E-state index is 0.154. The molecule has 1 unspecified atom stereocenters. The van der Waals surface area contributed by atoms with Crippen molar-refractivity contribution in [3.8, 4) is 0 Å². The standard InChI is InChI=1S/C7H14N2O3S2/c1-9(7(11)12)5(4-14)6(10)8-2-3-13/h5,13-14H,2-4H2,1H3,(H,8,10)(H,11,12). The van der Waals surface area contributed by atoms with Crippen molar-refractivity contribution < 1.29 is 14.7 Å². The van der Waals surface area contributed by atoms with E-state index in [-0.39, 0.29) is 11.7 Å². The van der Waals surface area contributed by atoms with Crippen LogP contribution in [0.25, 0.3) is 0 Å². The van der Waals surface area contributed by atoms with Crippen molar-refractivity contribution in [2.45, 2.75) is 6.04 Å². The maximum absolute atomic E-state index is 11.4. The number of hydrogen-bond acceptors (Lipinski definition) is 4. The number of hydrogen-bond donors (Lipinski definition) is 4. The van der Waals surface area contributed by atoms with E-state index in [1.165, 1.54) is 7.05 Å². The fraction of sp³-hybridized carbons (Fsp3) is 0.714. The Balaban J connectivity index is 4.25. The van der Waals surface area contributed by atoms with Gasteiger partial charge in [-0.25, -0.2) is 4.79 Å². The van der Waals surface area contributed by atoms with Gasteiger partial charge in [-0.15, -0.1) is 0 Å². The number of rotatable bonds is 5. The Morgan fingerprint density at radius 1 is 1.50 bits per heavy atom. The fourth-order valence-electron chi connectivity index (χ4n) is 0.811. The summed E-state index contributed by atoms with van der Waals surface area (Å²) in [6.45, 7) is 0.416. The smallest absolute Gasteiger partial charge is 0.407 e. The summed E-state index contributed by atoms with van der Waals surface area (Å²) in [5.41, 5.74) is 0. The third-order valence-electron chi connectivity index (χ3n) is 1.66. The Bertz CT molecular complexity index is 213. The number of carbonyl (C=O) groups excluding carboxylic acids is 1. The lowest BCUT2D eigenvalue weighted by Crippen LogP contribution is -2.48. The van der Waals surface area contributed by atoms with Crippen molar-refractivity contribution in [3.63, 3.8) is 0 Å². The van der Waals surface area contributed by atoms with Crippen LogP contribution in [0.15, 0.2) is 0 Å². The molecule has 0 bridgehead atoms. The van der Waals surface area contributed by atoms with E-state index in [1.54, 1.807) is 0 Å². The van der Waals surface area contributed by atoms with Crippen molar-refractivity contribution in [1.82, 2.24) is 10.2 Å². The predicted molar refractivity (Wildman–Crippen MR) is 60.3 cm³/mol. The summed E-state index contributed by atoms with van der Waals surface area (Å²) < 4.78 is 0. The van der Waals surface area contributed by atoms with Gasteiger partial charge in [-0.2, -0.15) is 25.3 Å². The van der Waals surface area contributed by atoms with Crippen molar-refractivity contribution in [2.75, 3.05) is 25.1 Å². The number of amides is 2. The third-order valence-corrected chi connectivity index (χ3v) is 2.23. The second kappa shape index (κ2) is 6.83. The number of nitrogens with one attached hydrogen (secondary N) is 1. The molecule has 2 amide bonds. The van der Waals surface area contributed by atoms with Crippen molar-refractivity contribution in [3.05, 3.63) is 0 Å². The van der Waals surface area contributed by atoms with E-state index < -0.39 is 12.1 Å². The third kappa shape index (κ3) is 4.10. The summed E-state index contributed by atoms with van der Waals surface area (Å²) in [6.07, 6.45) is -1.15. The predicted octanol–water partition coefficient (Wildman–Crippen LogP) is -0.0594. The molecule has 5 nitrogen and oxygen atoms in total. The molecule has 0 aromatic heterocycles. The quantitative estimate of drug-likeness (QED) is 0.507. The van der Waals surface area contributed by atoms with E-state index >= 15 is 0 Å². The lowest BCUT2D eigenvalue weighted by molar-refractivity contribution is -0.124. The molecular formula is C7H14N2O3S2. The molecule has 0 rings (SSSR count). The Labute approximate surface area is 93.7 Å². The van der Waals surface area contributed by atoms with Crippen LogP contribution in [0, 0.1) is 0 Å². The van der Waals surface area contributed by atoms with Gasteiger partial charge in [-0.05, 0) is 0 Å². The lowest BCUT2D eigenvalue weighted by Gasteiger charge is -2.22. The highest BCUT2D eigenvalue weighted by molar-refractivity contribution is 7.80. The maximum atomic E-state index is 11.4. The topological polar surface area (TPSA) is 69.6 Å². The summed E-state index contributed by atoms with van der Waals surface area (Å²) >= 11 is 7.85. The van der Waals surface area contributed by atoms with Crippen LogP contribution in [0.4, 0.5) is 4.79 Å². The van der Waals surface area contributed by atoms with E-state index in [0.29, 0.717) is 12.3 Å². The summed E-state index contributed by atoms with van der Waals surface area (Å²) in [5, 5.41) is 11.2. The Hall–Kier alpha value is -0.560. The van der Waals surface area contributed by atoms with Gasteiger partial charge in [0.2, 0.25) is 5.91 Å². The van der Waals surface area contributed by atoms with Gasteiger partial charge >= 0.3 is 6.09 Å². The van der Waals surface area contributed by atoms with Crippen LogP contribution in [0.2, 0.25) is 0 Å². The number of carboxylic acid groups (broad SMARTS) is 1. The largest absolute Gasteiger partial charge is 0.465 e. The molecule has 0 saturated carbocycles. The first-order valence-electron chi connectivity index (χ1n) is 3.99. The van der Waals surface area contributed by atoms with E-state index in [9.17, 15) is 9.59 Å². The first-order valence-corrected chi connectivity index (χ1v) is 5.26. The monoisotopic (exact) mass is 238 g/mol. The minimum Gasteiger partial charge on any atom is -0.465 e. The van der Waals surface area contributed by atoms with Gasteiger partial charge < -0.3 is 10.4 Å². The van der Waals surface area contributed by atoms with Crippen molar-refractivity contribution in [1.29, 1.82) is 0 Å².